The molecule has 0 saturated carbocycles. The molecule has 1 N–H and O–H groups in total. The van der Waals surface area contributed by atoms with E-state index in [1.54, 1.807) is 10.3 Å². The van der Waals surface area contributed by atoms with Gasteiger partial charge in [-0.3, -0.25) is 0 Å². The minimum Gasteiger partial charge on any atom is -1.00 e. The van der Waals surface area contributed by atoms with Crippen LogP contribution in [0.5, 0.6) is 0 Å². The summed E-state index contributed by atoms with van der Waals surface area (Å²) in [6.07, 6.45) is 0. The zero-order valence-corrected chi connectivity index (χ0v) is 13.1. The summed E-state index contributed by atoms with van der Waals surface area (Å²) < 4.78 is 4.39. The van der Waals surface area contributed by atoms with Crippen LogP contribution in [0.3, 0.4) is 0 Å². The number of fused-ring (bicyclic) bond motifs is 1. The third-order valence-electron chi connectivity index (χ3n) is 2.65. The van der Waals surface area contributed by atoms with Gasteiger partial charge in [-0.2, -0.15) is 4.37 Å². The van der Waals surface area contributed by atoms with Crippen LogP contribution in [0.2, 0.25) is 5.02 Å². The average Bonchev–Trinajstić information content (AvgIpc) is 2.81. The molecule has 2 nitrogen and oxygen atoms in total. The van der Waals surface area contributed by atoms with E-state index >= 15 is 0 Å². The zero-order chi connectivity index (χ0) is 12.5. The number of benzene rings is 2. The Balaban J connectivity index is 0.00000133. The van der Waals surface area contributed by atoms with Crippen molar-refractivity contribution in [3.63, 3.8) is 0 Å². The summed E-state index contributed by atoms with van der Waals surface area (Å²) >= 11 is 5.87. The highest BCUT2D eigenvalue weighted by Crippen LogP contribution is 2.28. The van der Waals surface area contributed by atoms with Crippen LogP contribution in [0.1, 0.15) is 5.56 Å². The molecule has 0 saturated heterocycles. The summed E-state index contributed by atoms with van der Waals surface area (Å²) in [7, 11) is 3.23. The van der Waals surface area contributed by atoms with E-state index in [9.17, 15) is 0 Å². The molecule has 0 unspecified atom stereocenters. The Morgan fingerprint density at radius 2 is 1.89 bits per heavy atom. The molecule has 19 heavy (non-hydrogen) atoms. The van der Waals surface area contributed by atoms with Crippen molar-refractivity contribution in [2.24, 2.45) is 0 Å². The molecule has 2 aliphatic rings. The van der Waals surface area contributed by atoms with Crippen molar-refractivity contribution in [1.82, 2.24) is 4.37 Å². The summed E-state index contributed by atoms with van der Waals surface area (Å²) in [5.74, 6) is 0. The molecule has 1 aromatic carbocycles. The van der Waals surface area contributed by atoms with Gasteiger partial charge in [0.25, 0.3) is 0 Å². The van der Waals surface area contributed by atoms with E-state index in [1.165, 1.54) is 21.0 Å². The number of rotatable bonds is 1. The van der Waals surface area contributed by atoms with Gasteiger partial charge in [-0.25, -0.2) is 4.99 Å². The molecule has 1 aromatic rings. The first-order chi connectivity index (χ1) is 8.72. The lowest BCUT2D eigenvalue weighted by Gasteiger charge is -1.96. The molecular formula is C13H10Cl2N2S2. The smallest absolute Gasteiger partial charge is 0.205 e. The van der Waals surface area contributed by atoms with Crippen molar-refractivity contribution >= 4 is 38.2 Å². The molecule has 0 radical (unpaired) electrons. The van der Waals surface area contributed by atoms with Crippen molar-refractivity contribution in [3.05, 3.63) is 52.3 Å². The second-order valence-electron chi connectivity index (χ2n) is 4.02. The number of hydrogen-bond acceptors (Lipinski definition) is 3. The molecular weight excluding hydrogens is 319 g/mol. The van der Waals surface area contributed by atoms with Crippen LogP contribution in [-0.4, -0.2) is 4.37 Å². The monoisotopic (exact) mass is 328 g/mol. The Hall–Kier alpha value is -0.940. The Bertz CT molecular complexity index is 716. The predicted molar refractivity (Wildman–Crippen MR) is 76.6 cm³/mol. The van der Waals surface area contributed by atoms with E-state index in [1.807, 2.05) is 24.3 Å². The van der Waals surface area contributed by atoms with E-state index in [0.717, 1.165) is 21.8 Å². The van der Waals surface area contributed by atoms with Crippen molar-refractivity contribution in [2.75, 3.05) is 0 Å². The summed E-state index contributed by atoms with van der Waals surface area (Å²) in [5, 5.41) is 1.83. The zero-order valence-electron chi connectivity index (χ0n) is 9.98. The van der Waals surface area contributed by atoms with Crippen LogP contribution < -0.4 is 22.8 Å². The standard InChI is InChI=1S/C13H9ClN2S2.ClH/c1-8-6-11(7-12-13(8)16-18-17-12)15-10-4-2-9(14)3-5-10;/h2-7H,1H3;1H. The van der Waals surface area contributed by atoms with Crippen LogP contribution in [0.4, 0.5) is 5.69 Å². The van der Waals surface area contributed by atoms with E-state index in [-0.39, 0.29) is 12.4 Å². The summed E-state index contributed by atoms with van der Waals surface area (Å²) in [6, 6.07) is 11.9. The molecule has 98 valence electrons. The maximum absolute atomic E-state index is 5.87. The second-order valence-corrected chi connectivity index (χ2v) is 6.34. The fourth-order valence-electron chi connectivity index (χ4n) is 1.80. The summed E-state index contributed by atoms with van der Waals surface area (Å²) in [5.41, 5.74) is 3.33. The molecule has 1 aliphatic heterocycles. The molecule has 0 fully saturated rings. The Morgan fingerprint density at radius 1 is 1.16 bits per heavy atom. The van der Waals surface area contributed by atoms with Gasteiger partial charge in [-0.05, 0) is 24.6 Å². The first kappa shape index (κ1) is 14.5. The highest BCUT2D eigenvalue weighted by Gasteiger charge is 2.10. The van der Waals surface area contributed by atoms with Crippen LogP contribution in [0, 0.1) is 6.92 Å². The fourth-order valence-corrected chi connectivity index (χ4v) is 3.83. The van der Waals surface area contributed by atoms with Gasteiger partial charge in [-0.1, -0.05) is 21.9 Å². The molecule has 1 aliphatic carbocycles. The molecule has 6 heteroatoms. The van der Waals surface area contributed by atoms with Crippen molar-refractivity contribution < 1.29 is 17.4 Å². The van der Waals surface area contributed by atoms with E-state index in [4.69, 9.17) is 11.6 Å². The van der Waals surface area contributed by atoms with Crippen molar-refractivity contribution in [3.8, 4) is 10.6 Å². The minimum absolute atomic E-state index is 0. The molecule has 0 spiro atoms. The van der Waals surface area contributed by atoms with E-state index in [0.29, 0.717) is 0 Å². The second kappa shape index (κ2) is 6.01. The Morgan fingerprint density at radius 3 is 2.63 bits per heavy atom. The number of aryl methyl sites for hydroxylation is 1. The SMILES string of the molecule is Cc1cc(=[NH+]c2ccc(Cl)cc2)cc2ssnc1-2.[Cl-]. The number of hydrogen-bond donors (Lipinski definition) is 1. The summed E-state index contributed by atoms with van der Waals surface area (Å²) in [4.78, 5) is 4.60. The lowest BCUT2D eigenvalue weighted by atomic mass is 10.1. The highest BCUT2D eigenvalue weighted by molar-refractivity contribution is 7.68. The Labute approximate surface area is 129 Å². The van der Waals surface area contributed by atoms with E-state index < -0.39 is 0 Å². The van der Waals surface area contributed by atoms with Crippen LogP contribution in [0.15, 0.2) is 36.4 Å². The molecule has 0 atom stereocenters. The lowest BCUT2D eigenvalue weighted by molar-refractivity contribution is -0.402. The first-order valence-electron chi connectivity index (χ1n) is 5.44. The van der Waals surface area contributed by atoms with Crippen molar-refractivity contribution in [2.45, 2.75) is 6.92 Å². The quantitative estimate of drug-likeness (QED) is 0.604. The van der Waals surface area contributed by atoms with Gasteiger partial charge in [0.2, 0.25) is 11.0 Å². The lowest BCUT2D eigenvalue weighted by Crippen LogP contribution is -3.00. The topological polar surface area (TPSA) is 26.9 Å². The summed E-state index contributed by atoms with van der Waals surface area (Å²) in [6.45, 7) is 2.09. The van der Waals surface area contributed by atoms with Crippen LogP contribution >= 0.6 is 32.5 Å². The number of nitrogens with zero attached hydrogens (tertiary/aromatic N) is 1. The highest BCUT2D eigenvalue weighted by atomic mass is 35.5. The van der Waals surface area contributed by atoms with Gasteiger partial charge in [0.15, 0.2) is 0 Å². The third kappa shape index (κ3) is 3.15. The van der Waals surface area contributed by atoms with Gasteiger partial charge in [0, 0.05) is 39.8 Å². The molecule has 0 aromatic heterocycles. The van der Waals surface area contributed by atoms with Gasteiger partial charge in [0.05, 0.1) is 10.6 Å². The minimum atomic E-state index is 0. The molecule has 3 rings (SSSR count). The normalized spacial score (nSPS) is 11.6. The van der Waals surface area contributed by atoms with Crippen molar-refractivity contribution in [1.29, 1.82) is 0 Å². The van der Waals surface area contributed by atoms with Gasteiger partial charge >= 0.3 is 0 Å². The van der Waals surface area contributed by atoms with Gasteiger partial charge in [-0.15, -0.1) is 0 Å². The maximum atomic E-state index is 5.87. The average molecular weight is 329 g/mol. The first-order valence-corrected chi connectivity index (χ1v) is 7.93. The van der Waals surface area contributed by atoms with E-state index in [2.05, 4.69) is 28.4 Å². The van der Waals surface area contributed by atoms with Crippen LogP contribution in [-0.2, 0) is 0 Å². The number of nitrogens with one attached hydrogen (secondary N) is 1. The molecule has 0 bridgehead atoms. The molecule has 1 heterocycles. The number of halogens is 2. The van der Waals surface area contributed by atoms with Crippen LogP contribution in [0.25, 0.3) is 10.6 Å². The molecule has 0 amide bonds. The predicted octanol–water partition coefficient (Wildman–Crippen LogP) is -0.412. The maximum Gasteiger partial charge on any atom is 0.205 e. The van der Waals surface area contributed by atoms with Gasteiger partial charge in [0.1, 0.15) is 0 Å². The van der Waals surface area contributed by atoms with Gasteiger partial charge < -0.3 is 12.4 Å². The largest absolute Gasteiger partial charge is 1.00 e. The Kier molecular flexibility index (Phi) is 4.58. The third-order valence-corrected chi connectivity index (χ3v) is 4.71. The fraction of sp³-hybridized carbons (Fsp3) is 0.0769. The number of aromatic nitrogens is 1.